The Morgan fingerprint density at radius 3 is 2.56 bits per heavy atom. The maximum absolute atomic E-state index is 9.21. The van der Waals surface area contributed by atoms with E-state index in [1.807, 2.05) is 25.1 Å². The van der Waals surface area contributed by atoms with E-state index in [1.165, 1.54) is 0 Å². The highest BCUT2D eigenvalue weighted by molar-refractivity contribution is 7.27. The summed E-state index contributed by atoms with van der Waals surface area (Å²) in [6.07, 6.45) is 0. The highest BCUT2D eigenvalue weighted by Gasteiger charge is 1.99. The third-order valence-corrected chi connectivity index (χ3v) is 1.89. The van der Waals surface area contributed by atoms with Gasteiger partial charge in [0.1, 0.15) is 5.30 Å². The second kappa shape index (κ2) is 2.36. The minimum absolute atomic E-state index is 0.427. The molecule has 1 N–H and O–H groups in total. The van der Waals surface area contributed by atoms with E-state index < -0.39 is 0 Å². The number of hydrogen-bond donors (Lipinski definition) is 1. The molecule has 0 spiro atoms. The van der Waals surface area contributed by atoms with Gasteiger partial charge in [0.05, 0.1) is 0 Å². The SMILES string of the molecule is Cc1cccc([PH3+])c1O. The van der Waals surface area contributed by atoms with Crippen LogP contribution in [0.4, 0.5) is 0 Å². The van der Waals surface area contributed by atoms with Gasteiger partial charge in [0.2, 0.25) is 0 Å². The van der Waals surface area contributed by atoms with E-state index in [1.54, 1.807) is 9.24 Å². The third-order valence-electron chi connectivity index (χ3n) is 1.32. The van der Waals surface area contributed by atoms with Gasteiger partial charge in [-0.15, -0.1) is 0 Å². The number of benzene rings is 1. The Morgan fingerprint density at radius 1 is 1.44 bits per heavy atom. The van der Waals surface area contributed by atoms with Gasteiger partial charge in [0.25, 0.3) is 0 Å². The largest absolute Gasteiger partial charge is 0.504 e. The van der Waals surface area contributed by atoms with Crippen LogP contribution in [0.1, 0.15) is 5.56 Å². The van der Waals surface area contributed by atoms with Crippen molar-refractivity contribution in [2.45, 2.75) is 6.92 Å². The van der Waals surface area contributed by atoms with Crippen LogP contribution < -0.4 is 5.30 Å². The summed E-state index contributed by atoms with van der Waals surface area (Å²) in [7, 11) is 1.70. The first-order valence-corrected chi connectivity index (χ1v) is 3.53. The van der Waals surface area contributed by atoms with E-state index in [9.17, 15) is 5.11 Å². The van der Waals surface area contributed by atoms with Crippen LogP contribution in [0.5, 0.6) is 5.75 Å². The molecular weight excluding hydrogens is 131 g/mol. The van der Waals surface area contributed by atoms with Crippen LogP contribution in [-0.4, -0.2) is 5.11 Å². The lowest BCUT2D eigenvalue weighted by Crippen LogP contribution is -1.91. The summed E-state index contributed by atoms with van der Waals surface area (Å²) < 4.78 is 0. The lowest BCUT2D eigenvalue weighted by molar-refractivity contribution is 0.476. The van der Waals surface area contributed by atoms with Gasteiger partial charge in [-0.05, 0) is 18.6 Å². The highest BCUT2D eigenvalue weighted by Crippen LogP contribution is 2.13. The zero-order valence-corrected chi connectivity index (χ0v) is 6.80. The Morgan fingerprint density at radius 2 is 2.11 bits per heavy atom. The zero-order valence-electron chi connectivity index (χ0n) is 5.39. The summed E-state index contributed by atoms with van der Waals surface area (Å²) in [6.45, 7) is 1.90. The number of hydrogen-bond acceptors (Lipinski definition) is 1. The molecule has 0 saturated carbocycles. The molecule has 0 heterocycles. The molecule has 2 heteroatoms. The minimum atomic E-state index is 0.427. The molecule has 1 rings (SSSR count). The minimum Gasteiger partial charge on any atom is -0.504 e. The van der Waals surface area contributed by atoms with Gasteiger partial charge >= 0.3 is 0 Å². The number of phenols is 1. The molecule has 0 aliphatic carbocycles. The van der Waals surface area contributed by atoms with Gasteiger partial charge in [-0.25, -0.2) is 0 Å². The first kappa shape index (κ1) is 6.57. The molecule has 0 aliphatic rings. The Kier molecular flexibility index (Phi) is 1.73. The third kappa shape index (κ3) is 1.22. The molecule has 0 aromatic heterocycles. The van der Waals surface area contributed by atoms with Crippen LogP contribution in [0.15, 0.2) is 18.2 Å². The second-order valence-corrected chi connectivity index (χ2v) is 2.84. The van der Waals surface area contributed by atoms with Crippen molar-refractivity contribution < 1.29 is 5.11 Å². The van der Waals surface area contributed by atoms with Crippen LogP contribution in [0, 0.1) is 6.92 Å². The molecular formula is C7H10OP+. The van der Waals surface area contributed by atoms with E-state index in [0.29, 0.717) is 5.75 Å². The summed E-state index contributed by atoms with van der Waals surface area (Å²) in [5.41, 5.74) is 0.947. The van der Waals surface area contributed by atoms with Crippen LogP contribution >= 0.6 is 9.24 Å². The van der Waals surface area contributed by atoms with Gasteiger partial charge in [-0.3, -0.25) is 0 Å². The van der Waals surface area contributed by atoms with Gasteiger partial charge in [-0.1, -0.05) is 12.1 Å². The molecule has 1 atom stereocenters. The van der Waals surface area contributed by atoms with E-state index in [4.69, 9.17) is 0 Å². The molecule has 1 aromatic rings. The molecule has 48 valence electrons. The van der Waals surface area contributed by atoms with Crippen molar-refractivity contribution in [1.29, 1.82) is 0 Å². The molecule has 0 fully saturated rings. The second-order valence-electron chi connectivity index (χ2n) is 2.08. The Hall–Kier alpha value is -0.550. The smallest absolute Gasteiger partial charge is 0.160 e. The summed E-state index contributed by atoms with van der Waals surface area (Å²) in [4.78, 5) is 0. The first-order valence-electron chi connectivity index (χ1n) is 2.82. The number of aromatic hydroxyl groups is 1. The Balaban J connectivity index is 3.25. The summed E-state index contributed by atoms with van der Waals surface area (Å²) >= 11 is 0. The van der Waals surface area contributed by atoms with E-state index in [0.717, 1.165) is 10.9 Å². The van der Waals surface area contributed by atoms with Crippen LogP contribution in [0.2, 0.25) is 0 Å². The Labute approximate surface area is 56.9 Å². The van der Waals surface area contributed by atoms with Crippen LogP contribution in [0.3, 0.4) is 0 Å². The zero-order chi connectivity index (χ0) is 6.85. The normalized spacial score (nSPS) is 9.89. The van der Waals surface area contributed by atoms with Gasteiger partial charge < -0.3 is 5.11 Å². The number of para-hydroxylation sites is 1. The topological polar surface area (TPSA) is 20.2 Å². The van der Waals surface area contributed by atoms with Crippen molar-refractivity contribution in [3.05, 3.63) is 23.8 Å². The summed E-state index contributed by atoms with van der Waals surface area (Å²) in [5, 5.41) is 10.2. The van der Waals surface area contributed by atoms with Crippen molar-refractivity contribution in [3.8, 4) is 5.75 Å². The first-order chi connectivity index (χ1) is 4.22. The summed E-state index contributed by atoms with van der Waals surface area (Å²) in [6, 6.07) is 5.74. The van der Waals surface area contributed by atoms with Crippen molar-refractivity contribution in [1.82, 2.24) is 0 Å². The highest BCUT2D eigenvalue weighted by atomic mass is 31.0. The average molecular weight is 141 g/mol. The number of phenolic OH excluding ortho intramolecular Hbond substituents is 1. The van der Waals surface area contributed by atoms with Crippen molar-refractivity contribution in [2.75, 3.05) is 0 Å². The molecule has 1 aromatic carbocycles. The monoisotopic (exact) mass is 141 g/mol. The molecule has 1 unspecified atom stereocenters. The van der Waals surface area contributed by atoms with E-state index in [2.05, 4.69) is 0 Å². The standard InChI is InChI=1S/C7H9OP/c1-5-3-2-4-6(9)7(5)8/h2-4,8H,9H2,1H3/p+1. The van der Waals surface area contributed by atoms with Crippen molar-refractivity contribution >= 4 is 14.5 Å². The average Bonchev–Trinajstić information content (AvgIpc) is 1.83. The number of aryl methyl sites for hydroxylation is 1. The van der Waals surface area contributed by atoms with Crippen molar-refractivity contribution in [2.24, 2.45) is 0 Å². The van der Waals surface area contributed by atoms with Crippen LogP contribution in [-0.2, 0) is 0 Å². The van der Waals surface area contributed by atoms with Gasteiger partial charge in [0.15, 0.2) is 5.75 Å². The quantitative estimate of drug-likeness (QED) is 0.533. The maximum Gasteiger partial charge on any atom is 0.160 e. The van der Waals surface area contributed by atoms with Gasteiger partial charge in [0, 0.05) is 9.24 Å². The molecule has 9 heavy (non-hydrogen) atoms. The van der Waals surface area contributed by atoms with Crippen LogP contribution in [0.25, 0.3) is 0 Å². The fourth-order valence-electron chi connectivity index (χ4n) is 0.720. The Bertz CT molecular complexity index is 200. The predicted octanol–water partition coefficient (Wildman–Crippen LogP) is 0.933. The van der Waals surface area contributed by atoms with Crippen molar-refractivity contribution in [3.63, 3.8) is 0 Å². The molecule has 0 amide bonds. The van der Waals surface area contributed by atoms with E-state index in [-0.39, 0.29) is 0 Å². The fourth-order valence-corrected chi connectivity index (χ4v) is 1.13. The maximum atomic E-state index is 9.21. The lowest BCUT2D eigenvalue weighted by Gasteiger charge is -1.95. The predicted molar refractivity (Wildman–Crippen MR) is 43.6 cm³/mol. The molecule has 0 saturated heterocycles. The van der Waals surface area contributed by atoms with Gasteiger partial charge in [-0.2, -0.15) is 0 Å². The fraction of sp³-hybridized carbons (Fsp3) is 0.143. The summed E-state index contributed by atoms with van der Waals surface area (Å²) in [5.74, 6) is 0.427. The number of rotatable bonds is 0. The molecule has 0 bridgehead atoms. The molecule has 1 nitrogen and oxygen atoms in total. The van der Waals surface area contributed by atoms with E-state index >= 15 is 0 Å². The lowest BCUT2D eigenvalue weighted by atomic mass is 10.2. The molecule has 0 aliphatic heterocycles. The molecule has 0 radical (unpaired) electrons.